The Balaban J connectivity index is 3.19. The summed E-state index contributed by atoms with van der Waals surface area (Å²) >= 11 is 0. The van der Waals surface area contributed by atoms with E-state index in [4.69, 9.17) is 0 Å². The van der Waals surface area contributed by atoms with Crippen LogP contribution in [0, 0.1) is 18.8 Å². The molecule has 0 spiro atoms. The van der Waals surface area contributed by atoms with Crippen LogP contribution in [-0.2, 0) is 5.60 Å². The topological polar surface area (TPSA) is 20.2 Å². The Labute approximate surface area is 79.4 Å². The van der Waals surface area contributed by atoms with E-state index in [1.54, 1.807) is 13.8 Å². The summed E-state index contributed by atoms with van der Waals surface area (Å²) in [4.78, 5) is 0. The minimum atomic E-state index is -1.03. The molecular formula is C12H14O. The molecule has 1 aromatic carbocycles. The van der Waals surface area contributed by atoms with Crippen molar-refractivity contribution in [3.8, 4) is 11.8 Å². The van der Waals surface area contributed by atoms with E-state index in [9.17, 15) is 5.11 Å². The van der Waals surface area contributed by atoms with Crippen molar-refractivity contribution >= 4 is 0 Å². The Hall–Kier alpha value is -1.26. The maximum absolute atomic E-state index is 9.99. The van der Waals surface area contributed by atoms with E-state index in [0.717, 1.165) is 11.1 Å². The molecule has 0 radical (unpaired) electrons. The van der Waals surface area contributed by atoms with E-state index in [2.05, 4.69) is 11.8 Å². The number of hydrogen-bond acceptors (Lipinski definition) is 1. The van der Waals surface area contributed by atoms with Gasteiger partial charge in [-0.2, -0.15) is 0 Å². The van der Waals surface area contributed by atoms with Crippen LogP contribution in [0.3, 0.4) is 0 Å². The van der Waals surface area contributed by atoms with Crippen LogP contribution in [0.2, 0.25) is 0 Å². The molecule has 1 nitrogen and oxygen atoms in total. The van der Waals surface area contributed by atoms with Gasteiger partial charge in [-0.3, -0.25) is 0 Å². The SMILES string of the molecule is CC#CC(C)(O)c1ccccc1C. The molecule has 0 amide bonds. The summed E-state index contributed by atoms with van der Waals surface area (Å²) in [6.07, 6.45) is 0. The molecule has 1 atom stereocenters. The highest BCUT2D eigenvalue weighted by atomic mass is 16.3. The van der Waals surface area contributed by atoms with Gasteiger partial charge >= 0.3 is 0 Å². The number of hydrogen-bond donors (Lipinski definition) is 1. The molecule has 68 valence electrons. The zero-order valence-electron chi connectivity index (χ0n) is 8.26. The van der Waals surface area contributed by atoms with Crippen LogP contribution in [0.5, 0.6) is 0 Å². The van der Waals surface area contributed by atoms with E-state index >= 15 is 0 Å². The molecule has 1 heteroatoms. The summed E-state index contributed by atoms with van der Waals surface area (Å²) in [5.74, 6) is 5.52. The summed E-state index contributed by atoms with van der Waals surface area (Å²) in [6, 6.07) is 7.74. The molecule has 0 aliphatic rings. The second kappa shape index (κ2) is 3.64. The lowest BCUT2D eigenvalue weighted by Crippen LogP contribution is -2.19. The van der Waals surface area contributed by atoms with Crippen LogP contribution in [0.1, 0.15) is 25.0 Å². The minimum absolute atomic E-state index is 0.879. The van der Waals surface area contributed by atoms with Crippen LogP contribution < -0.4 is 0 Å². The average Bonchev–Trinajstić information content (AvgIpc) is 2.04. The third-order valence-electron chi connectivity index (χ3n) is 2.04. The predicted octanol–water partition coefficient (Wildman–Crippen LogP) is 2.23. The molecule has 13 heavy (non-hydrogen) atoms. The van der Waals surface area contributed by atoms with Crippen LogP contribution >= 0.6 is 0 Å². The maximum Gasteiger partial charge on any atom is 0.148 e. The van der Waals surface area contributed by atoms with Gasteiger partial charge in [0.2, 0.25) is 0 Å². The van der Waals surface area contributed by atoms with Gasteiger partial charge in [0.1, 0.15) is 5.60 Å². The zero-order valence-corrected chi connectivity index (χ0v) is 8.26. The molecule has 0 bridgehead atoms. The van der Waals surface area contributed by atoms with Crippen molar-refractivity contribution in [2.45, 2.75) is 26.4 Å². The zero-order chi connectivity index (χ0) is 9.90. The standard InChI is InChI=1S/C12H14O/c1-4-9-12(3,13)11-8-6-5-7-10(11)2/h5-8,13H,1-3H3. The smallest absolute Gasteiger partial charge is 0.148 e. The largest absolute Gasteiger partial charge is 0.374 e. The lowest BCUT2D eigenvalue weighted by molar-refractivity contribution is 0.121. The third kappa shape index (κ3) is 2.11. The monoisotopic (exact) mass is 174 g/mol. The summed E-state index contributed by atoms with van der Waals surface area (Å²) in [6.45, 7) is 5.42. The Kier molecular flexibility index (Phi) is 2.75. The Morgan fingerprint density at radius 3 is 2.46 bits per heavy atom. The van der Waals surface area contributed by atoms with Gasteiger partial charge in [-0.1, -0.05) is 30.2 Å². The molecule has 1 aromatic rings. The average molecular weight is 174 g/mol. The minimum Gasteiger partial charge on any atom is -0.374 e. The van der Waals surface area contributed by atoms with Crippen molar-refractivity contribution in [2.75, 3.05) is 0 Å². The maximum atomic E-state index is 9.99. The van der Waals surface area contributed by atoms with Gasteiger partial charge in [0.05, 0.1) is 0 Å². The summed E-state index contributed by atoms with van der Waals surface area (Å²) in [5.41, 5.74) is 0.916. The molecule has 0 aliphatic heterocycles. The van der Waals surface area contributed by atoms with Gasteiger partial charge in [-0.25, -0.2) is 0 Å². The molecule has 0 aliphatic carbocycles. The highest BCUT2D eigenvalue weighted by Gasteiger charge is 2.20. The van der Waals surface area contributed by atoms with Crippen molar-refractivity contribution in [3.05, 3.63) is 35.4 Å². The summed E-state index contributed by atoms with van der Waals surface area (Å²) < 4.78 is 0. The Morgan fingerprint density at radius 1 is 1.31 bits per heavy atom. The number of rotatable bonds is 1. The van der Waals surface area contributed by atoms with Gasteiger partial charge in [0.25, 0.3) is 0 Å². The summed E-state index contributed by atoms with van der Waals surface area (Å²) in [5, 5.41) is 9.99. The number of aryl methyl sites for hydroxylation is 1. The fourth-order valence-electron chi connectivity index (χ4n) is 1.43. The highest BCUT2D eigenvalue weighted by molar-refractivity contribution is 5.36. The first-order valence-corrected chi connectivity index (χ1v) is 4.30. The number of aliphatic hydroxyl groups is 1. The van der Waals surface area contributed by atoms with Crippen LogP contribution in [0.4, 0.5) is 0 Å². The molecule has 1 N–H and O–H groups in total. The van der Waals surface area contributed by atoms with Crippen molar-refractivity contribution < 1.29 is 5.11 Å². The molecule has 0 saturated heterocycles. The second-order valence-corrected chi connectivity index (χ2v) is 3.26. The molecule has 0 fully saturated rings. The van der Waals surface area contributed by atoms with Crippen molar-refractivity contribution in [2.24, 2.45) is 0 Å². The molecule has 0 aromatic heterocycles. The van der Waals surface area contributed by atoms with Gasteiger partial charge in [0.15, 0.2) is 0 Å². The van der Waals surface area contributed by atoms with Gasteiger partial charge < -0.3 is 5.11 Å². The quantitative estimate of drug-likeness (QED) is 0.647. The fourth-order valence-corrected chi connectivity index (χ4v) is 1.43. The highest BCUT2D eigenvalue weighted by Crippen LogP contribution is 2.22. The van der Waals surface area contributed by atoms with Crippen molar-refractivity contribution in [1.82, 2.24) is 0 Å². The lowest BCUT2D eigenvalue weighted by atomic mass is 9.93. The van der Waals surface area contributed by atoms with E-state index in [0.29, 0.717) is 0 Å². The van der Waals surface area contributed by atoms with Gasteiger partial charge in [-0.15, -0.1) is 5.92 Å². The molecule has 0 heterocycles. The van der Waals surface area contributed by atoms with Crippen LogP contribution in [0.25, 0.3) is 0 Å². The first-order valence-electron chi connectivity index (χ1n) is 4.30. The Bertz CT molecular complexity index is 353. The first-order chi connectivity index (χ1) is 6.08. The van der Waals surface area contributed by atoms with Crippen LogP contribution in [0.15, 0.2) is 24.3 Å². The molecular weight excluding hydrogens is 160 g/mol. The molecule has 0 saturated carbocycles. The van der Waals surface area contributed by atoms with Gasteiger partial charge in [0, 0.05) is 0 Å². The van der Waals surface area contributed by atoms with E-state index in [1.165, 1.54) is 0 Å². The third-order valence-corrected chi connectivity index (χ3v) is 2.04. The molecule has 1 rings (SSSR count). The first kappa shape index (κ1) is 9.83. The fraction of sp³-hybridized carbons (Fsp3) is 0.333. The van der Waals surface area contributed by atoms with E-state index in [-0.39, 0.29) is 0 Å². The molecule has 1 unspecified atom stereocenters. The van der Waals surface area contributed by atoms with Crippen molar-refractivity contribution in [1.29, 1.82) is 0 Å². The lowest BCUT2D eigenvalue weighted by Gasteiger charge is -2.18. The number of benzene rings is 1. The normalized spacial score (nSPS) is 14.2. The summed E-state index contributed by atoms with van der Waals surface area (Å²) in [7, 11) is 0. The van der Waals surface area contributed by atoms with Crippen LogP contribution in [-0.4, -0.2) is 5.11 Å². The van der Waals surface area contributed by atoms with E-state index < -0.39 is 5.60 Å². The van der Waals surface area contributed by atoms with E-state index in [1.807, 2.05) is 31.2 Å². The Morgan fingerprint density at radius 2 is 1.92 bits per heavy atom. The van der Waals surface area contributed by atoms with Gasteiger partial charge in [-0.05, 0) is 31.9 Å². The predicted molar refractivity (Wildman–Crippen MR) is 54.2 cm³/mol. The second-order valence-electron chi connectivity index (χ2n) is 3.26. The van der Waals surface area contributed by atoms with Crippen molar-refractivity contribution in [3.63, 3.8) is 0 Å².